The third-order valence-corrected chi connectivity index (χ3v) is 22.1. The van der Waals surface area contributed by atoms with Crippen molar-refractivity contribution in [3.05, 3.63) is 346 Å². The molecule has 0 aromatic heterocycles. The van der Waals surface area contributed by atoms with Crippen molar-refractivity contribution in [3.63, 3.8) is 0 Å². The monoisotopic (exact) mass is 2100 g/mol. The van der Waals surface area contributed by atoms with E-state index in [4.69, 9.17) is 110 Å². The van der Waals surface area contributed by atoms with Crippen molar-refractivity contribution in [1.29, 1.82) is 0 Å². The van der Waals surface area contributed by atoms with Crippen LogP contribution in [0.2, 0.25) is 35.2 Å². The quantitative estimate of drug-likeness (QED) is 0.0242. The van der Waals surface area contributed by atoms with Crippen LogP contribution in [0.4, 0.5) is 67.3 Å². The van der Waals surface area contributed by atoms with Crippen molar-refractivity contribution >= 4 is 190 Å². The molecule has 0 unspecified atom stereocenters. The zero-order valence-corrected chi connectivity index (χ0v) is 82.3. The molecule has 0 spiro atoms. The Labute approximate surface area is 816 Å². The fourth-order valence-corrected chi connectivity index (χ4v) is 14.4. The third-order valence-electron chi connectivity index (χ3n) is 18.2. The number of anilines is 6. The van der Waals surface area contributed by atoms with Gasteiger partial charge in [-0.2, -0.15) is 0 Å². The molecule has 34 heteroatoms. The third kappa shape index (κ3) is 35.1. The van der Waals surface area contributed by atoms with Gasteiger partial charge in [0.15, 0.2) is 0 Å². The first kappa shape index (κ1) is 106. The molecule has 12 aromatic carbocycles. The van der Waals surface area contributed by atoms with Crippen molar-refractivity contribution in [2.75, 3.05) is 74.6 Å². The summed E-state index contributed by atoms with van der Waals surface area (Å²) in [7, 11) is 7.81. The van der Waals surface area contributed by atoms with E-state index >= 15 is 0 Å². The van der Waals surface area contributed by atoms with E-state index in [1.165, 1.54) is 54.8 Å². The Morgan fingerprint density at radius 1 is 0.282 bits per heavy atom. The number of carbonyl (C=O) groups excluding carboxylic acids is 6. The molecule has 690 valence electrons. The Morgan fingerprint density at radius 3 is 0.908 bits per heavy atom. The molecule has 12 rings (SSSR count). The van der Waals surface area contributed by atoms with Crippen LogP contribution < -0.4 is 60.3 Å². The molecule has 0 atom stereocenters. The van der Waals surface area contributed by atoms with Gasteiger partial charge in [0, 0.05) is 46.4 Å². The normalized spacial score (nSPS) is 10.2. The molecule has 12 aromatic rings. The molecule has 0 radical (unpaired) electrons. The predicted octanol–water partition coefficient (Wildman–Crippen LogP) is 28.9. The van der Waals surface area contributed by atoms with E-state index < -0.39 is 42.4 Å². The summed E-state index contributed by atoms with van der Waals surface area (Å²) in [6.07, 6.45) is -3.34. The number of rotatable bonds is 24. The van der Waals surface area contributed by atoms with Gasteiger partial charge in [0.1, 0.15) is 80.0 Å². The van der Waals surface area contributed by atoms with Crippen molar-refractivity contribution in [3.8, 4) is 34.5 Å². The van der Waals surface area contributed by atoms with E-state index in [1.54, 1.807) is 66.7 Å². The Balaban J connectivity index is 0.000000215. The number of nitrogens with one attached hydrogen (secondary N) is 6. The molecule has 0 saturated heterocycles. The first-order valence-corrected chi connectivity index (χ1v) is 43.9. The Bertz CT molecular complexity index is 5240. The Morgan fingerprint density at radius 2 is 0.542 bits per heavy atom. The lowest BCUT2D eigenvalue weighted by Gasteiger charge is -2.15. The van der Waals surface area contributed by atoms with Crippen LogP contribution >= 0.6 is 120 Å². The van der Waals surface area contributed by atoms with Crippen LogP contribution in [-0.2, 0) is 68.1 Å². The number of ether oxygens (including phenoxy) is 12. The highest BCUT2D eigenvalue weighted by molar-refractivity contribution is 14.1. The number of para-hydroxylation sites is 1. The number of hydrogen-bond acceptors (Lipinski definition) is 18. The molecular weight excluding hydrogens is 2010 g/mol. The van der Waals surface area contributed by atoms with Crippen LogP contribution in [0.1, 0.15) is 72.3 Å². The van der Waals surface area contributed by atoms with Gasteiger partial charge in [0.2, 0.25) is 0 Å². The summed E-state index contributed by atoms with van der Waals surface area (Å²) in [6.45, 7) is 14.9. The van der Waals surface area contributed by atoms with E-state index in [0.29, 0.717) is 123 Å². The summed E-state index contributed by atoms with van der Waals surface area (Å²) in [5.41, 5.74) is 14.9. The van der Waals surface area contributed by atoms with Crippen LogP contribution in [0.3, 0.4) is 0 Å². The van der Waals surface area contributed by atoms with Gasteiger partial charge >= 0.3 is 36.6 Å². The molecule has 0 saturated carbocycles. The fourth-order valence-electron chi connectivity index (χ4n) is 11.3. The number of halogens is 10. The molecule has 0 fully saturated rings. The second-order valence-electron chi connectivity index (χ2n) is 27.9. The van der Waals surface area contributed by atoms with Gasteiger partial charge in [-0.15, -0.1) is 0 Å². The summed E-state index contributed by atoms with van der Waals surface area (Å²) >= 11 is 48.7. The summed E-state index contributed by atoms with van der Waals surface area (Å²) in [5.74, 6) is 2.92. The second kappa shape index (κ2) is 54.8. The topological polar surface area (TPSA) is 285 Å². The SMILES string of the molecule is COC(=O)Nc1cccc(Br)c1COc1ccc(C)cc1Cl.COC(=O)Nc1cccc(C)c1COc1ccc(C)cc1Cl.COC(=O)Nc1cccc(Cl)c1COc1ccc(C)cc1Cl.COC(=O)Nc1cccc(F)c1COc1ccc(C)cc1Cl.COC(=O)Nc1cccc(I)c1COc1ccc(C)cc1Cl.COC(=O)Nc1ccccc1COc1ccc(C)cc1Cl. The summed E-state index contributed by atoms with van der Waals surface area (Å²) in [5, 5.41) is 19.4. The molecule has 131 heavy (non-hydrogen) atoms. The lowest BCUT2D eigenvalue weighted by Crippen LogP contribution is -2.14. The van der Waals surface area contributed by atoms with E-state index in [1.807, 2.05) is 194 Å². The highest BCUT2D eigenvalue weighted by Crippen LogP contribution is 2.37. The highest BCUT2D eigenvalue weighted by atomic mass is 127. The van der Waals surface area contributed by atoms with Crippen molar-refractivity contribution in [2.45, 2.75) is 88.1 Å². The van der Waals surface area contributed by atoms with E-state index in [0.717, 1.165) is 69.2 Å². The van der Waals surface area contributed by atoms with Gasteiger partial charge in [0.05, 0.1) is 107 Å². The zero-order valence-electron chi connectivity index (χ0n) is 73.2. The number of benzene rings is 12. The molecular formula is C97H94BrCl7FIN6O18. The van der Waals surface area contributed by atoms with Gasteiger partial charge < -0.3 is 56.8 Å². The minimum Gasteiger partial charge on any atom is -0.487 e. The fraction of sp³-hybridized carbons (Fsp3) is 0.196. The minimum atomic E-state index is -0.680. The first-order chi connectivity index (χ1) is 62.6. The average molecular weight is 2110 g/mol. The molecule has 0 aliphatic heterocycles. The molecule has 24 nitrogen and oxygen atoms in total. The maximum Gasteiger partial charge on any atom is 0.411 e. The van der Waals surface area contributed by atoms with Crippen LogP contribution in [0.5, 0.6) is 34.5 Å². The van der Waals surface area contributed by atoms with Crippen LogP contribution in [0.25, 0.3) is 0 Å². The summed E-state index contributed by atoms with van der Waals surface area (Å²) in [4.78, 5) is 68.2. The molecule has 6 N–H and O–H groups in total. The summed E-state index contributed by atoms with van der Waals surface area (Å²) in [6, 6.07) is 66.8. The predicted molar refractivity (Wildman–Crippen MR) is 528 cm³/mol. The second-order valence-corrected chi connectivity index (χ2v) is 32.7. The molecule has 0 bridgehead atoms. The van der Waals surface area contributed by atoms with E-state index in [9.17, 15) is 33.2 Å². The van der Waals surface area contributed by atoms with Gasteiger partial charge in [0.25, 0.3) is 0 Å². The van der Waals surface area contributed by atoms with Gasteiger partial charge in [-0.25, -0.2) is 33.2 Å². The molecule has 0 heterocycles. The van der Waals surface area contributed by atoms with E-state index in [-0.39, 0.29) is 31.1 Å². The van der Waals surface area contributed by atoms with E-state index in [2.05, 4.69) is 98.8 Å². The number of hydrogen-bond donors (Lipinski definition) is 6. The van der Waals surface area contributed by atoms with Gasteiger partial charge in [-0.05, 0) is 243 Å². The number of carbonyl (C=O) groups is 6. The highest BCUT2D eigenvalue weighted by Gasteiger charge is 2.20. The molecule has 0 aliphatic carbocycles. The first-order valence-electron chi connectivity index (χ1n) is 39.3. The number of methoxy groups -OCH3 is 6. The Kier molecular flexibility index (Phi) is 44.4. The van der Waals surface area contributed by atoms with Gasteiger partial charge in [-0.1, -0.05) is 188 Å². The average Bonchev–Trinajstić information content (AvgIpc) is 0.849. The maximum atomic E-state index is 14.0. The van der Waals surface area contributed by atoms with Crippen molar-refractivity contribution < 1.29 is 90.0 Å². The zero-order chi connectivity index (χ0) is 95.8. The molecule has 6 amide bonds. The number of aryl methyl sites for hydroxylation is 7. The summed E-state index contributed by atoms with van der Waals surface area (Å²) < 4.78 is 77.6. The van der Waals surface area contributed by atoms with Crippen LogP contribution in [0, 0.1) is 57.9 Å². The van der Waals surface area contributed by atoms with Crippen LogP contribution in [0.15, 0.2) is 229 Å². The number of amides is 6. The maximum absolute atomic E-state index is 14.0. The van der Waals surface area contributed by atoms with Gasteiger partial charge in [-0.3, -0.25) is 31.9 Å². The van der Waals surface area contributed by atoms with Crippen molar-refractivity contribution in [1.82, 2.24) is 0 Å². The minimum absolute atomic E-state index is 0.0746. The largest absolute Gasteiger partial charge is 0.487 e. The lowest BCUT2D eigenvalue weighted by atomic mass is 10.1. The lowest BCUT2D eigenvalue weighted by molar-refractivity contribution is 0.186. The smallest absolute Gasteiger partial charge is 0.411 e. The standard InChI is InChI=1S/C17H18ClNO3.C16H15BrClNO3.C16H15Cl2NO3.C16H15ClFNO3.C16H15ClINO3.C16H16ClNO3/c1-11-7-8-16(14(18)9-11)22-10-13-12(2)5-4-6-15(13)19-17(20)21-3;2*1-10-6-7-15(13(18)8-10)22-9-11-12(17)4-3-5-14(11)19-16(20)21-2;2*1-10-6-7-15(12(17)8-10)22-9-11-13(18)4-3-5-14(11)19-16(20)21-2;1-11-7-8-15(13(17)9-11)21-10-12-5-3-4-6-14(12)18-16(19)20-2/h4-9H,10H2,1-3H3,(H,19,20);4*3-8H,9H2,1-2H3,(H,19,20);3-9H,10H2,1-2H3,(H,18,19). The Hall–Kier alpha value is -11.8. The molecule has 0 aliphatic rings. The van der Waals surface area contributed by atoms with Crippen molar-refractivity contribution in [2.24, 2.45) is 0 Å². The van der Waals surface area contributed by atoms with Crippen LogP contribution in [-0.4, -0.2) is 79.2 Å².